The summed E-state index contributed by atoms with van der Waals surface area (Å²) in [5, 5.41) is 8.64. The van der Waals surface area contributed by atoms with Gasteiger partial charge in [-0.3, -0.25) is 9.59 Å². The Morgan fingerprint density at radius 1 is 1.24 bits per heavy atom. The molecule has 0 saturated carbocycles. The highest BCUT2D eigenvalue weighted by Crippen LogP contribution is 2.16. The molecule has 1 aromatic rings. The summed E-state index contributed by atoms with van der Waals surface area (Å²) in [5.74, 6) is -0.876. The number of carboxylic acids is 1. The second-order valence-corrected chi connectivity index (χ2v) is 4.29. The summed E-state index contributed by atoms with van der Waals surface area (Å²) in [4.78, 5) is 23.8. The first-order valence-corrected chi connectivity index (χ1v) is 5.50. The van der Waals surface area contributed by atoms with Crippen molar-refractivity contribution in [3.05, 3.63) is 29.8 Å². The predicted octanol–water partition coefficient (Wildman–Crippen LogP) is 1.93. The number of carboxylic acid groups (broad SMARTS) is 1. The molecule has 0 aliphatic carbocycles. The number of hydrogen-bond donors (Lipinski definition) is 1. The fourth-order valence-electron chi connectivity index (χ4n) is 1.53. The standard InChI is InChI=1S/C13H17NO3/c1-9(2)13(17)14(3)11-6-4-10(5-7-11)8-12(15)16/h4-7,9H,8H2,1-3H3,(H,15,16). The van der Waals surface area contributed by atoms with E-state index in [0.29, 0.717) is 0 Å². The van der Waals surface area contributed by atoms with Crippen molar-refractivity contribution in [3.8, 4) is 0 Å². The molecule has 1 rings (SSSR count). The largest absolute Gasteiger partial charge is 0.481 e. The van der Waals surface area contributed by atoms with Gasteiger partial charge in [0.2, 0.25) is 5.91 Å². The quantitative estimate of drug-likeness (QED) is 0.867. The van der Waals surface area contributed by atoms with Crippen molar-refractivity contribution in [1.82, 2.24) is 0 Å². The maximum atomic E-state index is 11.7. The zero-order valence-electron chi connectivity index (χ0n) is 10.3. The van der Waals surface area contributed by atoms with Gasteiger partial charge in [-0.2, -0.15) is 0 Å². The Morgan fingerprint density at radius 3 is 2.18 bits per heavy atom. The summed E-state index contributed by atoms with van der Waals surface area (Å²) >= 11 is 0. The molecule has 4 heteroatoms. The van der Waals surface area contributed by atoms with Crippen LogP contribution < -0.4 is 4.90 Å². The molecule has 0 fully saturated rings. The molecule has 0 aliphatic rings. The molecule has 0 radical (unpaired) electrons. The SMILES string of the molecule is CC(C)C(=O)N(C)c1ccc(CC(=O)O)cc1. The first-order valence-electron chi connectivity index (χ1n) is 5.50. The first-order chi connectivity index (χ1) is 7.91. The molecular formula is C13H17NO3. The van der Waals surface area contributed by atoms with E-state index in [9.17, 15) is 9.59 Å². The van der Waals surface area contributed by atoms with Gasteiger partial charge in [0.1, 0.15) is 0 Å². The van der Waals surface area contributed by atoms with Gasteiger partial charge in [-0.1, -0.05) is 26.0 Å². The molecule has 1 N–H and O–H groups in total. The average molecular weight is 235 g/mol. The number of hydrogen-bond acceptors (Lipinski definition) is 2. The van der Waals surface area contributed by atoms with Crippen LogP contribution in [0.2, 0.25) is 0 Å². The van der Waals surface area contributed by atoms with Gasteiger partial charge in [-0.05, 0) is 17.7 Å². The number of amides is 1. The molecular weight excluding hydrogens is 218 g/mol. The lowest BCUT2D eigenvalue weighted by atomic mass is 10.1. The molecule has 1 aromatic carbocycles. The number of anilines is 1. The van der Waals surface area contributed by atoms with E-state index in [1.807, 2.05) is 13.8 Å². The van der Waals surface area contributed by atoms with Crippen LogP contribution in [0, 0.1) is 5.92 Å². The molecule has 92 valence electrons. The molecule has 4 nitrogen and oxygen atoms in total. The van der Waals surface area contributed by atoms with E-state index in [0.717, 1.165) is 11.3 Å². The van der Waals surface area contributed by atoms with Crippen molar-refractivity contribution in [3.63, 3.8) is 0 Å². The highest BCUT2D eigenvalue weighted by atomic mass is 16.4. The minimum absolute atomic E-state index is 0.00210. The van der Waals surface area contributed by atoms with Gasteiger partial charge in [0.15, 0.2) is 0 Å². The van der Waals surface area contributed by atoms with Gasteiger partial charge in [-0.15, -0.1) is 0 Å². The number of nitrogens with zero attached hydrogens (tertiary/aromatic N) is 1. The second kappa shape index (κ2) is 5.48. The Balaban J connectivity index is 2.80. The summed E-state index contributed by atoms with van der Waals surface area (Å²) in [6, 6.07) is 6.98. The molecule has 0 unspecified atom stereocenters. The maximum Gasteiger partial charge on any atom is 0.307 e. The van der Waals surface area contributed by atoms with Gasteiger partial charge >= 0.3 is 5.97 Å². The van der Waals surface area contributed by atoms with E-state index in [-0.39, 0.29) is 18.2 Å². The van der Waals surface area contributed by atoms with Gasteiger partial charge in [0.25, 0.3) is 0 Å². The van der Waals surface area contributed by atoms with E-state index in [1.165, 1.54) is 0 Å². The van der Waals surface area contributed by atoms with Gasteiger partial charge in [0, 0.05) is 18.7 Å². The normalized spacial score (nSPS) is 10.4. The second-order valence-electron chi connectivity index (χ2n) is 4.29. The molecule has 0 bridgehead atoms. The Hall–Kier alpha value is -1.84. The third-order valence-electron chi connectivity index (χ3n) is 2.50. The van der Waals surface area contributed by atoms with Crippen LogP contribution in [0.3, 0.4) is 0 Å². The van der Waals surface area contributed by atoms with Crippen LogP contribution in [0.1, 0.15) is 19.4 Å². The van der Waals surface area contributed by atoms with Crippen molar-refractivity contribution in [2.75, 3.05) is 11.9 Å². The van der Waals surface area contributed by atoms with Gasteiger partial charge in [-0.25, -0.2) is 0 Å². The Kier molecular flexibility index (Phi) is 4.26. The average Bonchev–Trinajstić information content (AvgIpc) is 2.27. The number of benzene rings is 1. The summed E-state index contributed by atoms with van der Waals surface area (Å²) in [6.45, 7) is 3.69. The van der Waals surface area contributed by atoms with Crippen molar-refractivity contribution >= 4 is 17.6 Å². The number of rotatable bonds is 4. The molecule has 1 amide bonds. The topological polar surface area (TPSA) is 57.6 Å². The smallest absolute Gasteiger partial charge is 0.307 e. The van der Waals surface area contributed by atoms with Crippen LogP contribution >= 0.6 is 0 Å². The maximum absolute atomic E-state index is 11.7. The molecule has 0 atom stereocenters. The van der Waals surface area contributed by atoms with Crippen molar-refractivity contribution in [1.29, 1.82) is 0 Å². The summed E-state index contributed by atoms with van der Waals surface area (Å²) < 4.78 is 0. The Morgan fingerprint density at radius 2 is 1.76 bits per heavy atom. The summed E-state index contributed by atoms with van der Waals surface area (Å²) in [7, 11) is 1.72. The van der Waals surface area contributed by atoms with Crippen molar-refractivity contribution in [2.24, 2.45) is 5.92 Å². The van der Waals surface area contributed by atoms with Gasteiger partial charge in [0.05, 0.1) is 6.42 Å². The van der Waals surface area contributed by atoms with E-state index in [1.54, 1.807) is 36.2 Å². The molecule has 0 heterocycles. The molecule has 17 heavy (non-hydrogen) atoms. The molecule has 0 aromatic heterocycles. The summed E-state index contributed by atoms with van der Waals surface area (Å²) in [5.41, 5.74) is 1.50. The summed E-state index contributed by atoms with van der Waals surface area (Å²) in [6.07, 6.45) is 0.00210. The lowest BCUT2D eigenvalue weighted by Gasteiger charge is -2.19. The zero-order chi connectivity index (χ0) is 13.0. The monoisotopic (exact) mass is 235 g/mol. The van der Waals surface area contributed by atoms with E-state index in [2.05, 4.69) is 0 Å². The zero-order valence-corrected chi connectivity index (χ0v) is 10.3. The van der Waals surface area contributed by atoms with Crippen LogP contribution in [0.25, 0.3) is 0 Å². The van der Waals surface area contributed by atoms with Crippen LogP contribution in [-0.2, 0) is 16.0 Å². The third-order valence-corrected chi connectivity index (χ3v) is 2.50. The highest BCUT2D eigenvalue weighted by Gasteiger charge is 2.14. The van der Waals surface area contributed by atoms with E-state index >= 15 is 0 Å². The third kappa shape index (κ3) is 3.59. The van der Waals surface area contributed by atoms with Crippen molar-refractivity contribution in [2.45, 2.75) is 20.3 Å². The van der Waals surface area contributed by atoms with Crippen LogP contribution in [0.5, 0.6) is 0 Å². The molecule has 0 spiro atoms. The first kappa shape index (κ1) is 13.2. The molecule has 0 aliphatic heterocycles. The number of carbonyl (C=O) groups is 2. The molecule has 0 saturated heterocycles. The van der Waals surface area contributed by atoms with Gasteiger partial charge < -0.3 is 10.0 Å². The fraction of sp³-hybridized carbons (Fsp3) is 0.385. The van der Waals surface area contributed by atoms with Crippen LogP contribution in [-0.4, -0.2) is 24.0 Å². The van der Waals surface area contributed by atoms with E-state index < -0.39 is 5.97 Å². The highest BCUT2D eigenvalue weighted by molar-refractivity contribution is 5.94. The van der Waals surface area contributed by atoms with Crippen LogP contribution in [0.15, 0.2) is 24.3 Å². The minimum Gasteiger partial charge on any atom is -0.481 e. The number of carbonyl (C=O) groups excluding carboxylic acids is 1. The number of aliphatic carboxylic acids is 1. The lowest BCUT2D eigenvalue weighted by molar-refractivity contribution is -0.136. The van der Waals surface area contributed by atoms with Crippen molar-refractivity contribution < 1.29 is 14.7 Å². The fourth-order valence-corrected chi connectivity index (χ4v) is 1.53. The lowest BCUT2D eigenvalue weighted by Crippen LogP contribution is -2.30. The predicted molar refractivity (Wildman–Crippen MR) is 66.0 cm³/mol. The minimum atomic E-state index is -0.857. The van der Waals surface area contributed by atoms with E-state index in [4.69, 9.17) is 5.11 Å². The Bertz CT molecular complexity index is 409. The van der Waals surface area contributed by atoms with Crippen LogP contribution in [0.4, 0.5) is 5.69 Å². The Labute approximate surface area is 101 Å².